The van der Waals surface area contributed by atoms with Crippen LogP contribution in [0, 0.1) is 0 Å². The summed E-state index contributed by atoms with van der Waals surface area (Å²) < 4.78 is 1.30. The zero-order valence-corrected chi connectivity index (χ0v) is 9.64. The van der Waals surface area contributed by atoms with Gasteiger partial charge in [0.05, 0.1) is 0 Å². The van der Waals surface area contributed by atoms with Crippen molar-refractivity contribution >= 4 is 22.6 Å². The Balaban J connectivity index is 2.89. The van der Waals surface area contributed by atoms with Crippen LogP contribution in [0.4, 0.5) is 0 Å². The van der Waals surface area contributed by atoms with E-state index in [0.29, 0.717) is 6.04 Å². The molecule has 0 saturated carbocycles. The fraction of sp³-hybridized carbons (Fsp3) is 1.00. The summed E-state index contributed by atoms with van der Waals surface area (Å²) in [5.41, 5.74) is 5.79. The van der Waals surface area contributed by atoms with Gasteiger partial charge in [0.25, 0.3) is 0 Å². The summed E-state index contributed by atoms with van der Waals surface area (Å²) >= 11 is 2.44. The standard InChI is InChI=1S/C9H20IN/c1-2-9(11)7-5-3-4-6-8-10/h9H,2-8,11H2,1H3. The lowest BCUT2D eigenvalue weighted by Crippen LogP contribution is -2.17. The molecular formula is C9H20IN. The first-order chi connectivity index (χ1) is 5.31. The summed E-state index contributed by atoms with van der Waals surface area (Å²) in [7, 11) is 0. The molecule has 1 nitrogen and oxygen atoms in total. The highest BCUT2D eigenvalue weighted by Gasteiger charge is 1.97. The largest absolute Gasteiger partial charge is 0.328 e. The van der Waals surface area contributed by atoms with Crippen LogP contribution in [0.5, 0.6) is 0 Å². The summed E-state index contributed by atoms with van der Waals surface area (Å²) in [5, 5.41) is 0. The quantitative estimate of drug-likeness (QED) is 0.429. The minimum absolute atomic E-state index is 0.453. The summed E-state index contributed by atoms with van der Waals surface area (Å²) in [6.45, 7) is 2.16. The van der Waals surface area contributed by atoms with Gasteiger partial charge >= 0.3 is 0 Å². The maximum Gasteiger partial charge on any atom is 0.00362 e. The molecule has 0 aliphatic carbocycles. The topological polar surface area (TPSA) is 26.0 Å². The highest BCUT2D eigenvalue weighted by Crippen LogP contribution is 2.07. The van der Waals surface area contributed by atoms with E-state index in [1.54, 1.807) is 0 Å². The van der Waals surface area contributed by atoms with Gasteiger partial charge in [0.15, 0.2) is 0 Å². The van der Waals surface area contributed by atoms with E-state index in [0.717, 1.165) is 6.42 Å². The van der Waals surface area contributed by atoms with Crippen LogP contribution in [0.3, 0.4) is 0 Å². The molecule has 0 bridgehead atoms. The second-order valence-corrected chi connectivity index (χ2v) is 4.14. The fourth-order valence-electron chi connectivity index (χ4n) is 1.06. The van der Waals surface area contributed by atoms with Crippen molar-refractivity contribution in [1.82, 2.24) is 0 Å². The third-order valence-corrected chi connectivity index (χ3v) is 2.75. The number of hydrogen-bond donors (Lipinski definition) is 1. The Bertz CT molecular complexity index is 76.0. The average Bonchev–Trinajstić information content (AvgIpc) is 2.04. The second kappa shape index (κ2) is 8.78. The molecule has 0 aromatic heterocycles. The van der Waals surface area contributed by atoms with E-state index < -0.39 is 0 Å². The van der Waals surface area contributed by atoms with Gasteiger partial charge in [-0.05, 0) is 23.7 Å². The first-order valence-corrected chi connectivity index (χ1v) is 6.15. The molecule has 1 unspecified atom stereocenters. The van der Waals surface area contributed by atoms with Crippen LogP contribution in [0.25, 0.3) is 0 Å². The molecule has 0 aromatic rings. The molecule has 0 amide bonds. The molecule has 1 atom stereocenters. The summed E-state index contributed by atoms with van der Waals surface area (Å²) in [6.07, 6.45) is 7.81. The minimum atomic E-state index is 0.453. The lowest BCUT2D eigenvalue weighted by Gasteiger charge is -2.06. The molecule has 0 spiro atoms. The highest BCUT2D eigenvalue weighted by atomic mass is 127. The van der Waals surface area contributed by atoms with Gasteiger partial charge in [-0.25, -0.2) is 0 Å². The van der Waals surface area contributed by atoms with E-state index >= 15 is 0 Å². The van der Waals surface area contributed by atoms with Crippen molar-refractivity contribution in [1.29, 1.82) is 0 Å². The van der Waals surface area contributed by atoms with Crippen molar-refractivity contribution in [2.75, 3.05) is 4.43 Å². The Hall–Kier alpha value is 0.690. The van der Waals surface area contributed by atoms with Crippen molar-refractivity contribution in [2.45, 2.75) is 51.5 Å². The Labute approximate surface area is 84.3 Å². The van der Waals surface area contributed by atoms with Crippen LogP contribution in [-0.2, 0) is 0 Å². The zero-order valence-electron chi connectivity index (χ0n) is 7.48. The molecule has 0 rings (SSSR count). The number of rotatable bonds is 7. The summed E-state index contributed by atoms with van der Waals surface area (Å²) in [4.78, 5) is 0. The third-order valence-electron chi connectivity index (χ3n) is 1.98. The molecule has 0 fully saturated rings. The van der Waals surface area contributed by atoms with Gasteiger partial charge < -0.3 is 5.73 Å². The van der Waals surface area contributed by atoms with Crippen molar-refractivity contribution in [3.05, 3.63) is 0 Å². The summed E-state index contributed by atoms with van der Waals surface area (Å²) in [5.74, 6) is 0. The molecule has 68 valence electrons. The van der Waals surface area contributed by atoms with Crippen LogP contribution >= 0.6 is 22.6 Å². The zero-order chi connectivity index (χ0) is 8.53. The fourth-order valence-corrected chi connectivity index (χ4v) is 1.60. The Kier molecular flexibility index (Phi) is 9.33. The second-order valence-electron chi connectivity index (χ2n) is 3.06. The monoisotopic (exact) mass is 269 g/mol. The van der Waals surface area contributed by atoms with Crippen molar-refractivity contribution in [3.8, 4) is 0 Å². The molecule has 0 aromatic carbocycles. The first-order valence-electron chi connectivity index (χ1n) is 4.62. The molecule has 2 heteroatoms. The number of halogens is 1. The number of nitrogens with two attached hydrogens (primary N) is 1. The first kappa shape index (κ1) is 11.7. The molecule has 0 radical (unpaired) electrons. The molecule has 0 saturated heterocycles. The van der Waals surface area contributed by atoms with Gasteiger partial charge in [0.1, 0.15) is 0 Å². The SMILES string of the molecule is CCC(N)CCCCCCI. The van der Waals surface area contributed by atoms with Gasteiger partial charge in [0, 0.05) is 6.04 Å². The van der Waals surface area contributed by atoms with Crippen LogP contribution in [0.15, 0.2) is 0 Å². The van der Waals surface area contributed by atoms with Gasteiger partial charge in [-0.2, -0.15) is 0 Å². The Morgan fingerprint density at radius 1 is 1.18 bits per heavy atom. The number of hydrogen-bond acceptors (Lipinski definition) is 1. The van der Waals surface area contributed by atoms with E-state index in [1.807, 2.05) is 0 Å². The lowest BCUT2D eigenvalue weighted by atomic mass is 10.1. The van der Waals surface area contributed by atoms with Crippen molar-refractivity contribution < 1.29 is 0 Å². The van der Waals surface area contributed by atoms with Gasteiger partial charge in [-0.15, -0.1) is 0 Å². The maximum absolute atomic E-state index is 5.79. The third kappa shape index (κ3) is 8.60. The number of unbranched alkanes of at least 4 members (excludes halogenated alkanes) is 3. The average molecular weight is 269 g/mol. The molecular weight excluding hydrogens is 249 g/mol. The van der Waals surface area contributed by atoms with Crippen molar-refractivity contribution in [3.63, 3.8) is 0 Å². The predicted molar refractivity (Wildman–Crippen MR) is 60.2 cm³/mol. The number of alkyl halides is 1. The summed E-state index contributed by atoms with van der Waals surface area (Å²) in [6, 6.07) is 0.453. The smallest absolute Gasteiger partial charge is 0.00362 e. The molecule has 0 aliphatic heterocycles. The Morgan fingerprint density at radius 2 is 1.82 bits per heavy atom. The van der Waals surface area contributed by atoms with E-state index in [1.165, 1.54) is 36.5 Å². The highest BCUT2D eigenvalue weighted by molar-refractivity contribution is 14.1. The van der Waals surface area contributed by atoms with Gasteiger partial charge in [-0.1, -0.05) is 48.8 Å². The van der Waals surface area contributed by atoms with Crippen LogP contribution in [-0.4, -0.2) is 10.5 Å². The van der Waals surface area contributed by atoms with Crippen LogP contribution in [0.2, 0.25) is 0 Å². The van der Waals surface area contributed by atoms with Crippen LogP contribution < -0.4 is 5.73 Å². The maximum atomic E-state index is 5.79. The normalized spacial score (nSPS) is 13.4. The van der Waals surface area contributed by atoms with Crippen molar-refractivity contribution in [2.24, 2.45) is 5.73 Å². The van der Waals surface area contributed by atoms with Gasteiger partial charge in [-0.3, -0.25) is 0 Å². The van der Waals surface area contributed by atoms with Crippen LogP contribution in [0.1, 0.15) is 45.4 Å². The lowest BCUT2D eigenvalue weighted by molar-refractivity contribution is 0.539. The predicted octanol–water partition coefficient (Wildman–Crippen LogP) is 3.11. The Morgan fingerprint density at radius 3 is 2.36 bits per heavy atom. The van der Waals surface area contributed by atoms with E-state index in [4.69, 9.17) is 5.73 Å². The van der Waals surface area contributed by atoms with Gasteiger partial charge in [0.2, 0.25) is 0 Å². The molecule has 0 aliphatic rings. The van der Waals surface area contributed by atoms with E-state index in [9.17, 15) is 0 Å². The van der Waals surface area contributed by atoms with E-state index in [-0.39, 0.29) is 0 Å². The molecule has 0 heterocycles. The van der Waals surface area contributed by atoms with E-state index in [2.05, 4.69) is 29.5 Å². The minimum Gasteiger partial charge on any atom is -0.328 e. The molecule has 11 heavy (non-hydrogen) atoms. The molecule has 2 N–H and O–H groups in total.